The number of carbonyl (C=O) groups is 2. The molecule has 6 rings (SSSR count). The fourth-order valence-corrected chi connectivity index (χ4v) is 10.0. The number of hydrogen-bond acceptors (Lipinski definition) is 5. The minimum absolute atomic E-state index is 0.0113. The predicted molar refractivity (Wildman–Crippen MR) is 175 cm³/mol. The molecule has 0 radical (unpaired) electrons. The largest absolute Gasteiger partial charge is 0.489 e. The average Bonchev–Trinajstić information content (AvgIpc) is 3.56. The van der Waals surface area contributed by atoms with Crippen LogP contribution in [0.25, 0.3) is 0 Å². The second-order valence-corrected chi connectivity index (χ2v) is 14.9. The van der Waals surface area contributed by atoms with E-state index in [0.29, 0.717) is 41.8 Å². The summed E-state index contributed by atoms with van der Waals surface area (Å²) in [6, 6.07) is 17.0. The smallest absolute Gasteiger partial charge is 0.306 e. The van der Waals surface area contributed by atoms with Crippen LogP contribution in [0, 0.1) is 41.9 Å². The lowest BCUT2D eigenvalue weighted by molar-refractivity contribution is -0.146. The Morgan fingerprint density at radius 1 is 1.18 bits per heavy atom. The summed E-state index contributed by atoms with van der Waals surface area (Å²) in [7, 11) is 0. The SMILES string of the molecule is CCCC(C(=O)O)[C@@H]1C[C@@H](CCC(=O)Nc2ncc(C)s2)C2C3CCc4cc(OCc5ccccc5)ccc4C3CC[C@]21C. The number of hydrogen-bond donors (Lipinski definition) is 2. The maximum atomic E-state index is 13.0. The van der Waals surface area contributed by atoms with E-state index in [4.69, 9.17) is 4.74 Å². The van der Waals surface area contributed by atoms with Gasteiger partial charge in [0.1, 0.15) is 12.4 Å². The third-order valence-corrected chi connectivity index (χ3v) is 12.0. The monoisotopic (exact) mass is 614 g/mol. The number of aromatic nitrogens is 1. The van der Waals surface area contributed by atoms with Gasteiger partial charge in [-0.25, -0.2) is 4.98 Å². The van der Waals surface area contributed by atoms with Gasteiger partial charge in [-0.05, 0) is 116 Å². The molecule has 3 aliphatic carbocycles. The Morgan fingerprint density at radius 3 is 2.73 bits per heavy atom. The van der Waals surface area contributed by atoms with E-state index >= 15 is 0 Å². The molecule has 2 N–H and O–H groups in total. The second kappa shape index (κ2) is 13.0. The summed E-state index contributed by atoms with van der Waals surface area (Å²) >= 11 is 1.50. The molecule has 3 aromatic rings. The number of nitrogens with one attached hydrogen (secondary N) is 1. The van der Waals surface area contributed by atoms with Crippen molar-refractivity contribution in [3.05, 3.63) is 76.3 Å². The van der Waals surface area contributed by atoms with Crippen molar-refractivity contribution < 1.29 is 19.4 Å². The first-order chi connectivity index (χ1) is 21.3. The van der Waals surface area contributed by atoms with E-state index in [1.807, 2.05) is 25.1 Å². The maximum Gasteiger partial charge on any atom is 0.306 e. The zero-order chi connectivity index (χ0) is 30.8. The molecule has 2 aromatic carbocycles. The van der Waals surface area contributed by atoms with Crippen LogP contribution in [0.2, 0.25) is 0 Å². The third-order valence-electron chi connectivity index (χ3n) is 11.2. The number of ether oxygens (including phenoxy) is 1. The molecule has 0 aliphatic heterocycles. The topological polar surface area (TPSA) is 88.5 Å². The maximum absolute atomic E-state index is 13.0. The van der Waals surface area contributed by atoms with Crippen LogP contribution in [0.5, 0.6) is 5.75 Å². The van der Waals surface area contributed by atoms with Crippen molar-refractivity contribution in [1.29, 1.82) is 0 Å². The fourth-order valence-electron chi connectivity index (χ4n) is 9.37. The zero-order valence-electron chi connectivity index (χ0n) is 26.3. The average molecular weight is 615 g/mol. The van der Waals surface area contributed by atoms with Gasteiger partial charge in [0.2, 0.25) is 5.91 Å². The summed E-state index contributed by atoms with van der Waals surface area (Å²) in [5.41, 5.74) is 4.00. The molecule has 1 aromatic heterocycles. The quantitative estimate of drug-likeness (QED) is 0.226. The zero-order valence-corrected chi connectivity index (χ0v) is 27.1. The van der Waals surface area contributed by atoms with Gasteiger partial charge in [-0.3, -0.25) is 9.59 Å². The van der Waals surface area contributed by atoms with Gasteiger partial charge in [0.15, 0.2) is 5.13 Å². The van der Waals surface area contributed by atoms with Crippen molar-refractivity contribution >= 4 is 28.3 Å². The van der Waals surface area contributed by atoms with E-state index in [1.54, 1.807) is 6.20 Å². The van der Waals surface area contributed by atoms with Crippen LogP contribution in [-0.4, -0.2) is 22.0 Å². The second-order valence-electron chi connectivity index (χ2n) is 13.7. The molecule has 44 heavy (non-hydrogen) atoms. The van der Waals surface area contributed by atoms with Crippen molar-refractivity contribution in [3.8, 4) is 5.75 Å². The van der Waals surface area contributed by atoms with E-state index in [2.05, 4.69) is 54.5 Å². The molecule has 4 unspecified atom stereocenters. The molecule has 6 nitrogen and oxygen atoms in total. The summed E-state index contributed by atoms with van der Waals surface area (Å²) < 4.78 is 6.18. The van der Waals surface area contributed by atoms with Crippen molar-refractivity contribution in [2.24, 2.45) is 35.0 Å². The Balaban J connectivity index is 1.22. The molecule has 3 aliphatic rings. The van der Waals surface area contributed by atoms with E-state index in [9.17, 15) is 14.7 Å². The Morgan fingerprint density at radius 2 is 2.00 bits per heavy atom. The number of aliphatic carboxylic acids is 1. The summed E-state index contributed by atoms with van der Waals surface area (Å²) in [5.74, 6) is 1.87. The Labute approximate surface area is 265 Å². The van der Waals surface area contributed by atoms with Crippen LogP contribution in [0.15, 0.2) is 54.7 Å². The summed E-state index contributed by atoms with van der Waals surface area (Å²) in [6.45, 7) is 7.05. The number of carboxylic acids is 1. The lowest BCUT2D eigenvalue weighted by Crippen LogP contribution is -2.46. The molecule has 2 fully saturated rings. The molecule has 234 valence electrons. The number of nitrogens with zero attached hydrogens (tertiary/aromatic N) is 1. The summed E-state index contributed by atoms with van der Waals surface area (Å²) in [4.78, 5) is 31.0. The Bertz CT molecular complexity index is 1470. The first kappa shape index (κ1) is 30.8. The highest BCUT2D eigenvalue weighted by atomic mass is 32.1. The number of amides is 1. The summed E-state index contributed by atoms with van der Waals surface area (Å²) in [6.07, 6.45) is 9.81. The lowest BCUT2D eigenvalue weighted by atomic mass is 9.52. The van der Waals surface area contributed by atoms with Crippen LogP contribution >= 0.6 is 11.3 Å². The molecule has 7 atom stereocenters. The normalized spacial score (nSPS) is 27.9. The van der Waals surface area contributed by atoms with Gasteiger partial charge >= 0.3 is 5.97 Å². The Hall–Kier alpha value is -3.19. The molecular formula is C37H46N2O4S. The number of carboxylic acid groups (broad SMARTS) is 1. The van der Waals surface area contributed by atoms with Crippen LogP contribution < -0.4 is 10.1 Å². The number of thiazole rings is 1. The van der Waals surface area contributed by atoms with Crippen molar-refractivity contribution in [2.45, 2.75) is 91.1 Å². The highest BCUT2D eigenvalue weighted by molar-refractivity contribution is 7.15. The molecule has 0 saturated heterocycles. The van der Waals surface area contributed by atoms with Gasteiger partial charge in [0.05, 0.1) is 5.92 Å². The first-order valence-corrected chi connectivity index (χ1v) is 17.3. The van der Waals surface area contributed by atoms with Gasteiger partial charge in [0.25, 0.3) is 0 Å². The molecule has 0 spiro atoms. The standard InChI is InChI=1S/C37H46N2O4S/c1-4-8-31(35(41)42)32-20-26(12-16-33(40)39-36-38-21-23(2)44-36)34-30-14-11-25-19-27(43-22-24-9-6-5-7-10-24)13-15-28(25)29(30)17-18-37(32,34)3/h5-7,9-10,13,15,19,21,26,29-32,34H,4,8,11-12,14,16-18,20,22H2,1-3H3,(H,41,42)(H,38,39,40)/t26-,29?,30?,31?,32+,34?,37+/m1/s1. The molecule has 0 bridgehead atoms. The van der Waals surface area contributed by atoms with Gasteiger partial charge in [-0.1, -0.05) is 56.7 Å². The van der Waals surface area contributed by atoms with E-state index in [-0.39, 0.29) is 23.2 Å². The van der Waals surface area contributed by atoms with Crippen molar-refractivity contribution in [3.63, 3.8) is 0 Å². The van der Waals surface area contributed by atoms with Crippen LogP contribution in [-0.2, 0) is 22.6 Å². The number of aryl methyl sites for hydroxylation is 2. The Kier molecular flexibility index (Phi) is 9.13. The van der Waals surface area contributed by atoms with Crippen molar-refractivity contribution in [1.82, 2.24) is 4.98 Å². The van der Waals surface area contributed by atoms with E-state index < -0.39 is 5.97 Å². The van der Waals surface area contributed by atoms with Gasteiger partial charge in [-0.2, -0.15) is 0 Å². The predicted octanol–water partition coefficient (Wildman–Crippen LogP) is 8.65. The molecule has 2 saturated carbocycles. The molecular weight excluding hydrogens is 568 g/mol. The minimum atomic E-state index is -0.645. The van der Waals surface area contributed by atoms with Crippen LogP contribution in [0.4, 0.5) is 5.13 Å². The van der Waals surface area contributed by atoms with Crippen LogP contribution in [0.3, 0.4) is 0 Å². The number of anilines is 1. The minimum Gasteiger partial charge on any atom is -0.489 e. The number of rotatable bonds is 11. The number of benzene rings is 2. The highest BCUT2D eigenvalue weighted by Gasteiger charge is 2.60. The number of fused-ring (bicyclic) bond motifs is 5. The number of carbonyl (C=O) groups excluding carboxylic acids is 1. The van der Waals surface area contributed by atoms with E-state index in [0.717, 1.165) is 67.6 Å². The first-order valence-electron chi connectivity index (χ1n) is 16.5. The fraction of sp³-hybridized carbons (Fsp3) is 0.541. The molecule has 1 heterocycles. The van der Waals surface area contributed by atoms with Gasteiger partial charge in [-0.15, -0.1) is 11.3 Å². The molecule has 7 heteroatoms. The summed E-state index contributed by atoms with van der Waals surface area (Å²) in [5, 5.41) is 14.0. The lowest BCUT2D eigenvalue weighted by Gasteiger charge is -2.53. The van der Waals surface area contributed by atoms with E-state index in [1.165, 1.54) is 22.5 Å². The molecule has 1 amide bonds. The van der Waals surface area contributed by atoms with Crippen LogP contribution in [0.1, 0.15) is 92.7 Å². The third kappa shape index (κ3) is 6.17. The van der Waals surface area contributed by atoms with Crippen molar-refractivity contribution in [2.75, 3.05) is 5.32 Å². The van der Waals surface area contributed by atoms with Gasteiger partial charge < -0.3 is 15.2 Å². The van der Waals surface area contributed by atoms with Gasteiger partial charge in [0, 0.05) is 17.5 Å². The highest BCUT2D eigenvalue weighted by Crippen LogP contribution is 2.67.